The molecule has 2 heterocycles. The van der Waals surface area contributed by atoms with Crippen molar-refractivity contribution in [3.63, 3.8) is 0 Å². The van der Waals surface area contributed by atoms with E-state index < -0.39 is 5.97 Å². The average molecular weight is 232 g/mol. The fraction of sp³-hybridized carbons (Fsp3) is 0.273. The van der Waals surface area contributed by atoms with Gasteiger partial charge in [-0.3, -0.25) is 4.57 Å². The van der Waals surface area contributed by atoms with E-state index >= 15 is 0 Å². The molecule has 0 bridgehead atoms. The van der Waals surface area contributed by atoms with Crippen LogP contribution in [0.5, 0.6) is 0 Å². The third kappa shape index (κ3) is 2.30. The molecule has 88 valence electrons. The Morgan fingerprint density at radius 1 is 1.41 bits per heavy atom. The van der Waals surface area contributed by atoms with Crippen molar-refractivity contribution in [2.75, 3.05) is 0 Å². The lowest BCUT2D eigenvalue weighted by molar-refractivity contribution is 0.0689. The lowest BCUT2D eigenvalue weighted by Gasteiger charge is -2.05. The maximum atomic E-state index is 10.6. The molecule has 2 rings (SSSR count). The Kier molecular flexibility index (Phi) is 3.13. The van der Waals surface area contributed by atoms with Gasteiger partial charge in [0.05, 0.1) is 0 Å². The molecule has 0 fully saturated rings. The largest absolute Gasteiger partial charge is 0.476 e. The van der Waals surface area contributed by atoms with Crippen molar-refractivity contribution in [3.05, 3.63) is 36.0 Å². The van der Waals surface area contributed by atoms with E-state index in [1.807, 2.05) is 4.57 Å². The molecule has 17 heavy (non-hydrogen) atoms. The molecule has 0 radical (unpaired) electrons. The SMILES string of the molecule is CCCc1nccn1-c1ccc(C(=O)O)nn1. The first-order chi connectivity index (χ1) is 8.22. The van der Waals surface area contributed by atoms with Gasteiger partial charge in [0, 0.05) is 18.8 Å². The monoisotopic (exact) mass is 232 g/mol. The summed E-state index contributed by atoms with van der Waals surface area (Å²) >= 11 is 0. The van der Waals surface area contributed by atoms with Gasteiger partial charge in [0.2, 0.25) is 0 Å². The predicted octanol–water partition coefficient (Wildman–Crippen LogP) is 1.31. The van der Waals surface area contributed by atoms with Crippen molar-refractivity contribution < 1.29 is 9.90 Å². The number of nitrogens with zero attached hydrogens (tertiary/aromatic N) is 4. The van der Waals surface area contributed by atoms with Gasteiger partial charge in [-0.2, -0.15) is 0 Å². The molecule has 2 aromatic rings. The Morgan fingerprint density at radius 3 is 2.82 bits per heavy atom. The predicted molar refractivity (Wildman–Crippen MR) is 60.1 cm³/mol. The first-order valence-electron chi connectivity index (χ1n) is 5.32. The number of carbonyl (C=O) groups is 1. The third-order valence-electron chi connectivity index (χ3n) is 2.31. The van der Waals surface area contributed by atoms with Gasteiger partial charge in [0.1, 0.15) is 5.82 Å². The summed E-state index contributed by atoms with van der Waals surface area (Å²) in [5, 5.41) is 16.2. The highest BCUT2D eigenvalue weighted by Crippen LogP contribution is 2.09. The van der Waals surface area contributed by atoms with Gasteiger partial charge in [-0.15, -0.1) is 10.2 Å². The number of aromatic nitrogens is 4. The summed E-state index contributed by atoms with van der Waals surface area (Å²) in [7, 11) is 0. The van der Waals surface area contributed by atoms with Crippen molar-refractivity contribution in [1.82, 2.24) is 19.7 Å². The summed E-state index contributed by atoms with van der Waals surface area (Å²) in [6.07, 6.45) is 5.31. The zero-order valence-corrected chi connectivity index (χ0v) is 9.37. The standard InChI is InChI=1S/C11H12N4O2/c1-2-3-9-12-6-7-15(9)10-5-4-8(11(16)17)13-14-10/h4-7H,2-3H2,1H3,(H,16,17). The van der Waals surface area contributed by atoms with Crippen LogP contribution in [-0.4, -0.2) is 30.8 Å². The summed E-state index contributed by atoms with van der Waals surface area (Å²) in [6, 6.07) is 3.05. The van der Waals surface area contributed by atoms with E-state index in [1.165, 1.54) is 6.07 Å². The van der Waals surface area contributed by atoms with Crippen molar-refractivity contribution in [2.45, 2.75) is 19.8 Å². The van der Waals surface area contributed by atoms with Crippen LogP contribution in [0, 0.1) is 0 Å². The maximum Gasteiger partial charge on any atom is 0.356 e. The zero-order valence-electron chi connectivity index (χ0n) is 9.37. The normalized spacial score (nSPS) is 10.4. The molecule has 2 aromatic heterocycles. The van der Waals surface area contributed by atoms with Gasteiger partial charge >= 0.3 is 5.97 Å². The third-order valence-corrected chi connectivity index (χ3v) is 2.31. The number of rotatable bonds is 4. The molecule has 6 nitrogen and oxygen atoms in total. The van der Waals surface area contributed by atoms with Gasteiger partial charge < -0.3 is 5.11 Å². The number of carboxylic acids is 1. The second-order valence-corrected chi connectivity index (χ2v) is 3.55. The minimum absolute atomic E-state index is 0.0640. The minimum Gasteiger partial charge on any atom is -0.476 e. The van der Waals surface area contributed by atoms with Crippen LogP contribution >= 0.6 is 0 Å². The lowest BCUT2D eigenvalue weighted by Crippen LogP contribution is -2.07. The Bertz CT molecular complexity index is 519. The molecule has 0 aliphatic carbocycles. The van der Waals surface area contributed by atoms with E-state index in [4.69, 9.17) is 5.11 Å². The van der Waals surface area contributed by atoms with Crippen LogP contribution in [0.1, 0.15) is 29.7 Å². The lowest BCUT2D eigenvalue weighted by atomic mass is 10.3. The number of imidazole rings is 1. The number of hydrogen-bond donors (Lipinski definition) is 1. The molecule has 0 saturated carbocycles. The highest BCUT2D eigenvalue weighted by Gasteiger charge is 2.08. The van der Waals surface area contributed by atoms with Crippen molar-refractivity contribution >= 4 is 5.97 Å². The molecule has 1 N–H and O–H groups in total. The molecule has 0 atom stereocenters. The number of aromatic carboxylic acids is 1. The molecule has 0 spiro atoms. The topological polar surface area (TPSA) is 80.9 Å². The summed E-state index contributed by atoms with van der Waals surface area (Å²) < 4.78 is 1.81. The molecule has 0 aliphatic heterocycles. The molecule has 0 amide bonds. The summed E-state index contributed by atoms with van der Waals surface area (Å²) in [6.45, 7) is 2.07. The number of aryl methyl sites for hydroxylation is 1. The summed E-state index contributed by atoms with van der Waals surface area (Å²) in [4.78, 5) is 14.9. The van der Waals surface area contributed by atoms with Crippen molar-refractivity contribution in [2.24, 2.45) is 0 Å². The van der Waals surface area contributed by atoms with Crippen LogP contribution in [0.3, 0.4) is 0 Å². The number of hydrogen-bond acceptors (Lipinski definition) is 4. The van der Waals surface area contributed by atoms with E-state index in [0.717, 1.165) is 18.7 Å². The molecule has 0 unspecified atom stereocenters. The highest BCUT2D eigenvalue weighted by molar-refractivity contribution is 5.85. The van der Waals surface area contributed by atoms with Crippen LogP contribution in [0.15, 0.2) is 24.5 Å². The molecule has 6 heteroatoms. The van der Waals surface area contributed by atoms with Gasteiger partial charge in [-0.25, -0.2) is 9.78 Å². The Morgan fingerprint density at radius 2 is 2.24 bits per heavy atom. The average Bonchev–Trinajstić information content (AvgIpc) is 2.78. The quantitative estimate of drug-likeness (QED) is 0.859. The van der Waals surface area contributed by atoms with Crippen LogP contribution in [0.2, 0.25) is 0 Å². The first kappa shape index (κ1) is 11.3. The van der Waals surface area contributed by atoms with Gasteiger partial charge in [-0.05, 0) is 18.6 Å². The second-order valence-electron chi connectivity index (χ2n) is 3.55. The molecule has 0 saturated heterocycles. The molecular weight excluding hydrogens is 220 g/mol. The van der Waals surface area contributed by atoms with Gasteiger partial charge in [-0.1, -0.05) is 6.92 Å². The fourth-order valence-corrected chi connectivity index (χ4v) is 1.52. The second kappa shape index (κ2) is 4.73. The zero-order chi connectivity index (χ0) is 12.3. The first-order valence-corrected chi connectivity index (χ1v) is 5.32. The maximum absolute atomic E-state index is 10.6. The van der Waals surface area contributed by atoms with Crippen LogP contribution in [0.4, 0.5) is 0 Å². The van der Waals surface area contributed by atoms with Crippen LogP contribution in [0.25, 0.3) is 5.82 Å². The van der Waals surface area contributed by atoms with Crippen molar-refractivity contribution in [1.29, 1.82) is 0 Å². The molecule has 0 aromatic carbocycles. The summed E-state index contributed by atoms with van der Waals surface area (Å²) in [5.41, 5.74) is -0.0640. The van der Waals surface area contributed by atoms with E-state index in [2.05, 4.69) is 22.1 Å². The van der Waals surface area contributed by atoms with E-state index in [9.17, 15) is 4.79 Å². The van der Waals surface area contributed by atoms with Gasteiger partial charge in [0.25, 0.3) is 0 Å². The van der Waals surface area contributed by atoms with E-state index in [1.54, 1.807) is 18.5 Å². The Labute approximate surface area is 98.0 Å². The van der Waals surface area contributed by atoms with E-state index in [-0.39, 0.29) is 5.69 Å². The van der Waals surface area contributed by atoms with Crippen LogP contribution in [-0.2, 0) is 6.42 Å². The Hall–Kier alpha value is -2.24. The van der Waals surface area contributed by atoms with Gasteiger partial charge in [0.15, 0.2) is 11.5 Å². The smallest absolute Gasteiger partial charge is 0.356 e. The fourth-order valence-electron chi connectivity index (χ4n) is 1.52. The number of carboxylic acid groups (broad SMARTS) is 1. The highest BCUT2D eigenvalue weighted by atomic mass is 16.4. The minimum atomic E-state index is -1.08. The molecule has 0 aliphatic rings. The molecular formula is C11H12N4O2. The summed E-state index contributed by atoms with van der Waals surface area (Å²) in [5.74, 6) is 0.393. The van der Waals surface area contributed by atoms with Crippen molar-refractivity contribution in [3.8, 4) is 5.82 Å². The Balaban J connectivity index is 2.33. The van der Waals surface area contributed by atoms with Crippen LogP contribution < -0.4 is 0 Å². The van der Waals surface area contributed by atoms with E-state index in [0.29, 0.717) is 5.82 Å².